The average molecular weight is 728 g/mol. The van der Waals surface area contributed by atoms with E-state index in [1.54, 1.807) is 52.0 Å². The van der Waals surface area contributed by atoms with Gasteiger partial charge in [0.25, 0.3) is 12.5 Å². The number of unbranched alkanes of at least 4 members (excludes halogenated alkanes) is 1. The highest BCUT2D eigenvalue weighted by Crippen LogP contribution is 2.35. The van der Waals surface area contributed by atoms with E-state index in [1.807, 2.05) is 13.8 Å². The molecule has 15 nitrogen and oxygen atoms in total. The van der Waals surface area contributed by atoms with Gasteiger partial charge in [-0.05, 0) is 31.4 Å². The minimum Gasteiger partial charge on any atom is -0.496 e. The lowest BCUT2D eigenvalue weighted by Gasteiger charge is -2.20. The van der Waals surface area contributed by atoms with Crippen molar-refractivity contribution < 1.29 is 71.0 Å². The van der Waals surface area contributed by atoms with Gasteiger partial charge in [0, 0.05) is 39.7 Å². The lowest BCUT2D eigenvalue weighted by Crippen LogP contribution is -2.46. The smallest absolute Gasteiger partial charge is 0.344 e. The first kappa shape index (κ1) is 39.9. The number of hydrogen-bond acceptors (Lipinski definition) is 13. The molecule has 4 rings (SSSR count). The minimum absolute atomic E-state index is 0.0240. The molecule has 0 saturated carbocycles. The Bertz CT molecular complexity index is 1610. The number of pyridine rings is 2. The molecule has 0 amide bonds. The molecule has 8 atom stereocenters. The van der Waals surface area contributed by atoms with Crippen LogP contribution < -0.4 is 9.13 Å². The molecular formula is C37H47N2O13+. The van der Waals surface area contributed by atoms with E-state index in [1.165, 1.54) is 27.7 Å². The summed E-state index contributed by atoms with van der Waals surface area (Å²) in [6.07, 6.45) is 5.48. The molecule has 0 aliphatic carbocycles. The number of hydrogen-bond donors (Lipinski definition) is 0. The van der Waals surface area contributed by atoms with E-state index in [9.17, 15) is 24.0 Å². The topological polar surface area (TPSA) is 167 Å². The van der Waals surface area contributed by atoms with Gasteiger partial charge in [-0.1, -0.05) is 13.5 Å². The Morgan fingerprint density at radius 1 is 0.731 bits per heavy atom. The van der Waals surface area contributed by atoms with Crippen LogP contribution in [-0.4, -0.2) is 80.7 Å². The van der Waals surface area contributed by atoms with E-state index in [-0.39, 0.29) is 31.7 Å². The molecule has 2 saturated heterocycles. The quantitative estimate of drug-likeness (QED) is 0.0619. The molecule has 0 N–H and O–H groups in total. The molecular weight excluding hydrogens is 680 g/mol. The van der Waals surface area contributed by atoms with Crippen molar-refractivity contribution >= 4 is 35.6 Å². The number of carbonyl (C=O) groups excluding carboxylic acids is 5. The molecule has 2 aromatic rings. The first-order valence-corrected chi connectivity index (χ1v) is 17.1. The van der Waals surface area contributed by atoms with Gasteiger partial charge in [0.2, 0.25) is 0 Å². The molecule has 4 heterocycles. The van der Waals surface area contributed by atoms with Gasteiger partial charge in [-0.3, -0.25) is 23.7 Å². The summed E-state index contributed by atoms with van der Waals surface area (Å²) in [7, 11) is 0. The Morgan fingerprint density at radius 3 is 2.00 bits per heavy atom. The lowest BCUT2D eigenvalue weighted by atomic mass is 10.0. The molecule has 0 aromatic carbocycles. The van der Waals surface area contributed by atoms with Gasteiger partial charge < -0.3 is 37.9 Å². The van der Waals surface area contributed by atoms with Gasteiger partial charge >= 0.3 is 29.8 Å². The molecule has 0 spiro atoms. The Hall–Kier alpha value is -4.89. The Morgan fingerprint density at radius 2 is 1.35 bits per heavy atom. The fourth-order valence-corrected chi connectivity index (χ4v) is 6.01. The first-order valence-electron chi connectivity index (χ1n) is 17.1. The van der Waals surface area contributed by atoms with Crippen molar-refractivity contribution in [2.45, 2.75) is 91.3 Å². The van der Waals surface area contributed by atoms with E-state index >= 15 is 0 Å². The fraction of sp³-hybridized carbons (Fsp3) is 0.541. The van der Waals surface area contributed by atoms with Gasteiger partial charge in [0.05, 0.1) is 25.3 Å². The van der Waals surface area contributed by atoms with E-state index in [4.69, 9.17) is 37.9 Å². The third kappa shape index (κ3) is 10.8. The maximum atomic E-state index is 12.9. The van der Waals surface area contributed by atoms with Gasteiger partial charge in [0.15, 0.2) is 18.5 Å². The zero-order valence-electron chi connectivity index (χ0n) is 30.3. The van der Waals surface area contributed by atoms with Crippen LogP contribution in [0.4, 0.5) is 0 Å². The summed E-state index contributed by atoms with van der Waals surface area (Å²) < 4.78 is 48.3. The van der Waals surface area contributed by atoms with Crippen molar-refractivity contribution in [3.63, 3.8) is 0 Å². The fourth-order valence-electron chi connectivity index (χ4n) is 6.01. The van der Waals surface area contributed by atoms with Crippen LogP contribution in [0.2, 0.25) is 0 Å². The summed E-state index contributed by atoms with van der Waals surface area (Å²) in [6, 6.07) is 6.76. The van der Waals surface area contributed by atoms with Gasteiger partial charge in [0.1, 0.15) is 49.0 Å². The number of rotatable bonds is 16. The van der Waals surface area contributed by atoms with E-state index in [0.717, 1.165) is 0 Å². The van der Waals surface area contributed by atoms with E-state index < -0.39 is 66.7 Å². The molecule has 52 heavy (non-hydrogen) atoms. The summed E-state index contributed by atoms with van der Waals surface area (Å²) in [5.41, 5.74) is 0.958. The molecule has 2 aliphatic heterocycles. The molecule has 15 heteroatoms. The SMILES string of the molecule is C=C(OCCCCOC(=O)c1ccc[n+]([C@@H]2O[C@H](COC(C)=O)[C@@H](OC(C)=O)[C@H]2C)c1)c1cc[c-][n+]([C@@H]2O[C@H](COC(C)=O)[C@@H](C)[C@H]2OC(C)=O)c1. The van der Waals surface area contributed by atoms with Gasteiger partial charge in [-0.25, -0.2) is 4.79 Å². The monoisotopic (exact) mass is 727 g/mol. The van der Waals surface area contributed by atoms with Crippen molar-refractivity contribution in [1.82, 2.24) is 0 Å². The molecule has 2 aliphatic rings. The van der Waals surface area contributed by atoms with E-state index in [2.05, 4.69) is 12.8 Å². The van der Waals surface area contributed by atoms with Gasteiger partial charge in [-0.2, -0.15) is 4.57 Å². The summed E-state index contributed by atoms with van der Waals surface area (Å²) in [5.74, 6) is -2.54. The van der Waals surface area contributed by atoms with Crippen molar-refractivity contribution in [1.29, 1.82) is 0 Å². The lowest BCUT2D eigenvalue weighted by molar-refractivity contribution is -0.768. The Kier molecular flexibility index (Phi) is 14.2. The van der Waals surface area contributed by atoms with E-state index in [0.29, 0.717) is 36.3 Å². The largest absolute Gasteiger partial charge is 0.496 e. The maximum Gasteiger partial charge on any atom is 0.344 e. The standard InChI is InChI=1S/C37H47N2O13/c1-22-31(20-47-25(4)40)51-36(34(22)50-28(7)43)39-15-10-12-29(18-39)24(3)45-16-8-9-17-46-37(44)30-13-11-14-38(19-30)35-23(2)33(49-27(6)42)32(52-35)21-48-26(5)41/h10-14,18-19,22-23,31-36H,3,8-9,16-17,20-21H2,1-2,4-7H3/q+1/t22-,23-,31-,32-,33+,34-,35-,36-/m1/s1. The number of ether oxygens (including phenoxy) is 8. The van der Waals surface area contributed by atoms with Crippen molar-refractivity contribution in [2.24, 2.45) is 11.8 Å². The molecule has 0 unspecified atom stereocenters. The van der Waals surface area contributed by atoms with Crippen LogP contribution in [0.25, 0.3) is 5.76 Å². The second-order valence-corrected chi connectivity index (χ2v) is 12.7. The highest BCUT2D eigenvalue weighted by Gasteiger charge is 2.50. The third-order valence-corrected chi connectivity index (χ3v) is 8.62. The number of nitrogens with zero attached hydrogens (tertiary/aromatic N) is 2. The summed E-state index contributed by atoms with van der Waals surface area (Å²) in [6.45, 7) is 13.4. The zero-order chi connectivity index (χ0) is 37.9. The highest BCUT2D eigenvalue weighted by atomic mass is 16.6. The Labute approximate surface area is 302 Å². The third-order valence-electron chi connectivity index (χ3n) is 8.62. The number of aromatic nitrogens is 2. The Balaban J connectivity index is 1.26. The van der Waals surface area contributed by atoms with Crippen LogP contribution >= 0.6 is 0 Å². The number of carbonyl (C=O) groups is 5. The normalized spacial score (nSPS) is 25.1. The predicted molar refractivity (Wildman–Crippen MR) is 177 cm³/mol. The average Bonchev–Trinajstić information content (AvgIpc) is 3.58. The zero-order valence-corrected chi connectivity index (χ0v) is 30.3. The molecule has 2 aromatic heterocycles. The minimum atomic E-state index is -0.711. The van der Waals surface area contributed by atoms with Gasteiger partial charge in [-0.15, -0.1) is 12.1 Å². The second-order valence-electron chi connectivity index (χ2n) is 12.7. The maximum absolute atomic E-state index is 12.9. The summed E-state index contributed by atoms with van der Waals surface area (Å²) in [4.78, 5) is 59.2. The van der Waals surface area contributed by atoms with Crippen LogP contribution in [0.1, 0.15) is 82.8 Å². The van der Waals surface area contributed by atoms with Crippen LogP contribution in [0.5, 0.6) is 0 Å². The number of esters is 5. The van der Waals surface area contributed by atoms with Crippen LogP contribution in [0.3, 0.4) is 0 Å². The molecule has 0 radical (unpaired) electrons. The summed E-state index contributed by atoms with van der Waals surface area (Å²) in [5, 5.41) is 0. The van der Waals surface area contributed by atoms with Crippen molar-refractivity contribution in [2.75, 3.05) is 26.4 Å². The second kappa shape index (κ2) is 18.6. The molecule has 2 fully saturated rings. The van der Waals surface area contributed by atoms with Crippen LogP contribution in [0.15, 0.2) is 49.4 Å². The predicted octanol–water partition coefficient (Wildman–Crippen LogP) is 2.74. The summed E-state index contributed by atoms with van der Waals surface area (Å²) >= 11 is 0. The van der Waals surface area contributed by atoms with Crippen molar-refractivity contribution in [3.05, 3.63) is 66.8 Å². The first-order chi connectivity index (χ1) is 24.7. The molecule has 0 bridgehead atoms. The highest BCUT2D eigenvalue weighted by molar-refractivity contribution is 5.88. The molecule has 282 valence electrons. The van der Waals surface area contributed by atoms with Crippen molar-refractivity contribution in [3.8, 4) is 0 Å². The van der Waals surface area contributed by atoms with Crippen LogP contribution in [0, 0.1) is 18.0 Å². The van der Waals surface area contributed by atoms with Crippen LogP contribution in [-0.2, 0) is 57.1 Å².